The van der Waals surface area contributed by atoms with E-state index in [1.54, 1.807) is 12.1 Å². The number of hydrogen-bond acceptors (Lipinski definition) is 9. The molecule has 0 bridgehead atoms. The lowest BCUT2D eigenvalue weighted by Gasteiger charge is -2.16. The predicted octanol–water partition coefficient (Wildman–Crippen LogP) is 2.27. The van der Waals surface area contributed by atoms with Crippen LogP contribution in [0.5, 0.6) is 5.75 Å². The lowest BCUT2D eigenvalue weighted by atomic mass is 10.1. The maximum Gasteiger partial charge on any atom is 0.335 e. The van der Waals surface area contributed by atoms with Crippen LogP contribution in [0.1, 0.15) is 37.7 Å². The molecule has 1 unspecified atom stereocenters. The molecule has 0 aliphatic heterocycles. The number of benzene rings is 1. The molecule has 1 atom stereocenters. The third kappa shape index (κ3) is 13.0. The first-order valence-electron chi connectivity index (χ1n) is 10.1. The van der Waals surface area contributed by atoms with Gasteiger partial charge in [-0.2, -0.15) is 8.42 Å². The fraction of sp³-hybridized carbons (Fsp3) is 0.619. The Morgan fingerprint density at radius 1 is 0.903 bits per heavy atom. The van der Waals surface area contributed by atoms with Gasteiger partial charge in [0, 0.05) is 19.4 Å². The molecule has 0 aromatic heterocycles. The lowest BCUT2D eigenvalue weighted by Crippen LogP contribution is -2.28. The van der Waals surface area contributed by atoms with Gasteiger partial charge in [0.1, 0.15) is 5.75 Å². The summed E-state index contributed by atoms with van der Waals surface area (Å²) in [6, 6.07) is 7.28. The van der Waals surface area contributed by atoms with Crippen LogP contribution in [0.15, 0.2) is 24.3 Å². The lowest BCUT2D eigenvalue weighted by molar-refractivity contribution is -0.154. The van der Waals surface area contributed by atoms with E-state index in [0.29, 0.717) is 57.5 Å². The summed E-state index contributed by atoms with van der Waals surface area (Å²) in [5, 5.41) is 0. The van der Waals surface area contributed by atoms with Gasteiger partial charge in [0.05, 0.1) is 33.7 Å². The number of carbonyl (C=O) groups is 2. The highest BCUT2D eigenvalue weighted by atomic mass is 32.2. The van der Waals surface area contributed by atoms with Crippen LogP contribution in [-0.4, -0.2) is 66.8 Å². The highest BCUT2D eigenvalue weighted by molar-refractivity contribution is 7.85. The average molecular weight is 461 g/mol. The van der Waals surface area contributed by atoms with Crippen molar-refractivity contribution in [3.05, 3.63) is 29.8 Å². The normalized spacial score (nSPS) is 12.2. The van der Waals surface area contributed by atoms with Crippen molar-refractivity contribution in [1.29, 1.82) is 0 Å². The molecular weight excluding hydrogens is 428 g/mol. The molecule has 10 heteroatoms. The molecule has 0 saturated heterocycles. The van der Waals surface area contributed by atoms with Crippen molar-refractivity contribution in [2.45, 2.75) is 44.6 Å². The molecule has 1 aromatic carbocycles. The number of rotatable bonds is 16. The molecule has 0 saturated carbocycles. The first-order chi connectivity index (χ1) is 14.7. The van der Waals surface area contributed by atoms with Crippen LogP contribution in [0.3, 0.4) is 0 Å². The van der Waals surface area contributed by atoms with Gasteiger partial charge in [0.25, 0.3) is 10.1 Å². The number of methoxy groups -OCH3 is 2. The summed E-state index contributed by atoms with van der Waals surface area (Å²) >= 11 is 0. The Kier molecular flexibility index (Phi) is 12.8. The molecule has 31 heavy (non-hydrogen) atoms. The molecular formula is C21H32O9S. The molecule has 176 valence electrons. The van der Waals surface area contributed by atoms with E-state index in [-0.39, 0.29) is 12.6 Å². The summed E-state index contributed by atoms with van der Waals surface area (Å²) in [6.07, 6.45) is 3.46. The molecule has 0 heterocycles. The van der Waals surface area contributed by atoms with Crippen molar-refractivity contribution in [2.24, 2.45) is 0 Å². The third-order valence-electron chi connectivity index (χ3n) is 4.24. The van der Waals surface area contributed by atoms with E-state index in [4.69, 9.17) is 14.2 Å². The largest absolute Gasteiger partial charge is 0.494 e. The first-order valence-corrected chi connectivity index (χ1v) is 11.9. The summed E-state index contributed by atoms with van der Waals surface area (Å²) in [7, 11) is -0.751. The number of hydrogen-bond donors (Lipinski definition) is 0. The Morgan fingerprint density at radius 3 is 2.19 bits per heavy atom. The van der Waals surface area contributed by atoms with Gasteiger partial charge >= 0.3 is 11.9 Å². The Labute approximate surface area is 184 Å². The fourth-order valence-electron chi connectivity index (χ4n) is 2.60. The number of unbranched alkanes of at least 4 members (excludes halogenated alkanes) is 2. The van der Waals surface area contributed by atoms with Crippen molar-refractivity contribution in [1.82, 2.24) is 0 Å². The van der Waals surface area contributed by atoms with Crippen molar-refractivity contribution in [3.63, 3.8) is 0 Å². The second-order valence-electron chi connectivity index (χ2n) is 6.85. The third-order valence-corrected chi connectivity index (χ3v) is 4.83. The Balaban J connectivity index is 2.38. The molecule has 1 aromatic rings. The zero-order chi connectivity index (χ0) is 23.1. The van der Waals surface area contributed by atoms with Gasteiger partial charge in [-0.1, -0.05) is 12.1 Å². The topological polar surface area (TPSA) is 114 Å². The van der Waals surface area contributed by atoms with Gasteiger partial charge in [-0.3, -0.25) is 8.98 Å². The van der Waals surface area contributed by atoms with E-state index in [0.717, 1.165) is 11.8 Å². The Bertz CT molecular complexity index is 760. The summed E-state index contributed by atoms with van der Waals surface area (Å²) in [5.41, 5.74) is 0.888. The fourth-order valence-corrected chi connectivity index (χ4v) is 3.02. The van der Waals surface area contributed by atoms with Gasteiger partial charge in [-0.15, -0.1) is 0 Å². The van der Waals surface area contributed by atoms with E-state index < -0.39 is 22.2 Å². The zero-order valence-electron chi connectivity index (χ0n) is 18.3. The molecule has 1 rings (SSSR count). The maximum absolute atomic E-state index is 12.0. The van der Waals surface area contributed by atoms with Gasteiger partial charge < -0.3 is 18.9 Å². The smallest absolute Gasteiger partial charge is 0.335 e. The quantitative estimate of drug-likeness (QED) is 0.208. The van der Waals surface area contributed by atoms with Crippen molar-refractivity contribution in [2.75, 3.05) is 40.3 Å². The van der Waals surface area contributed by atoms with Gasteiger partial charge in [-0.05, 0) is 43.4 Å². The van der Waals surface area contributed by atoms with E-state index in [1.165, 1.54) is 14.2 Å². The van der Waals surface area contributed by atoms with Crippen LogP contribution in [0, 0.1) is 0 Å². The summed E-state index contributed by atoms with van der Waals surface area (Å²) in [6.45, 7) is 0.883. The van der Waals surface area contributed by atoms with Crippen LogP contribution >= 0.6 is 0 Å². The summed E-state index contributed by atoms with van der Waals surface area (Å²) in [4.78, 5) is 23.1. The number of ether oxygens (including phenoxy) is 4. The molecule has 0 aliphatic rings. The minimum atomic E-state index is -3.41. The number of carbonyl (C=O) groups excluding carboxylic acids is 2. The maximum atomic E-state index is 12.0. The van der Waals surface area contributed by atoms with E-state index in [9.17, 15) is 18.0 Å². The zero-order valence-corrected chi connectivity index (χ0v) is 19.1. The molecule has 0 N–H and O–H groups in total. The second-order valence-corrected chi connectivity index (χ2v) is 8.49. The highest BCUT2D eigenvalue weighted by Crippen LogP contribution is 2.16. The molecule has 0 spiro atoms. The summed E-state index contributed by atoms with van der Waals surface area (Å²) < 4.78 is 47.1. The second kappa shape index (κ2) is 14.8. The van der Waals surface area contributed by atoms with Crippen molar-refractivity contribution < 1.29 is 41.1 Å². The van der Waals surface area contributed by atoms with Crippen LogP contribution < -0.4 is 4.74 Å². The monoisotopic (exact) mass is 460 g/mol. The average Bonchev–Trinajstić information content (AvgIpc) is 2.74. The minimum Gasteiger partial charge on any atom is -0.494 e. The Hall–Kier alpha value is -2.17. The van der Waals surface area contributed by atoms with E-state index in [1.807, 2.05) is 12.1 Å². The van der Waals surface area contributed by atoms with E-state index in [2.05, 4.69) is 8.92 Å². The number of esters is 2. The van der Waals surface area contributed by atoms with Gasteiger partial charge in [0.2, 0.25) is 0 Å². The highest BCUT2D eigenvalue weighted by Gasteiger charge is 2.20. The van der Waals surface area contributed by atoms with Crippen molar-refractivity contribution in [3.8, 4) is 5.75 Å². The molecule has 0 radical (unpaired) electrons. The minimum absolute atomic E-state index is 0.135. The van der Waals surface area contributed by atoms with Crippen LogP contribution in [0.25, 0.3) is 0 Å². The predicted molar refractivity (Wildman–Crippen MR) is 113 cm³/mol. The van der Waals surface area contributed by atoms with Crippen LogP contribution in [0.4, 0.5) is 0 Å². The first kappa shape index (κ1) is 26.9. The standard InChI is InChI=1S/C21H32O9S/c1-26-20(22)8-7-14-28-18-11-9-17(10-12-18)16-19(21(23)27-2)29-13-5-4-6-15-30-31(3,24)25/h9-12,19H,4-8,13-16H2,1-3H3. The molecule has 0 fully saturated rings. The Morgan fingerprint density at radius 2 is 1.58 bits per heavy atom. The molecule has 0 aliphatic carbocycles. The van der Waals surface area contributed by atoms with E-state index >= 15 is 0 Å². The molecule has 0 amide bonds. The van der Waals surface area contributed by atoms with Gasteiger partial charge in [0.15, 0.2) is 6.10 Å². The van der Waals surface area contributed by atoms with Crippen molar-refractivity contribution >= 4 is 22.1 Å². The summed E-state index contributed by atoms with van der Waals surface area (Å²) in [5.74, 6) is -0.0564. The molecule has 9 nitrogen and oxygen atoms in total. The SMILES string of the molecule is COC(=O)CCCOc1ccc(CC(OCCCCCOS(C)(=O)=O)C(=O)OC)cc1. The van der Waals surface area contributed by atoms with Gasteiger partial charge in [-0.25, -0.2) is 4.79 Å². The van der Waals surface area contributed by atoms with Crippen LogP contribution in [-0.2, 0) is 44.5 Å². The van der Waals surface area contributed by atoms with Crippen LogP contribution in [0.2, 0.25) is 0 Å².